The summed E-state index contributed by atoms with van der Waals surface area (Å²) in [7, 11) is 0. The van der Waals surface area contributed by atoms with E-state index in [0.717, 1.165) is 22.3 Å². The van der Waals surface area contributed by atoms with E-state index in [0.29, 0.717) is 37.3 Å². The van der Waals surface area contributed by atoms with Crippen LogP contribution in [-0.4, -0.2) is 39.5 Å². The van der Waals surface area contributed by atoms with Crippen LogP contribution in [0.2, 0.25) is 0 Å². The molecule has 2 N–H and O–H groups in total. The van der Waals surface area contributed by atoms with E-state index >= 15 is 0 Å². The Morgan fingerprint density at radius 2 is 1.85 bits per heavy atom. The number of ether oxygens (including phenoxy) is 2. The summed E-state index contributed by atoms with van der Waals surface area (Å²) in [4.78, 5) is 27.6. The predicted molar refractivity (Wildman–Crippen MR) is 146 cm³/mol. The lowest BCUT2D eigenvalue weighted by atomic mass is 10.00. The highest BCUT2D eigenvalue weighted by atomic mass is 16.6. The fourth-order valence-electron chi connectivity index (χ4n) is 4.35. The summed E-state index contributed by atoms with van der Waals surface area (Å²) in [6.45, 7) is 2.07. The molecule has 0 spiro atoms. The van der Waals surface area contributed by atoms with Gasteiger partial charge in [0.25, 0.3) is 5.69 Å². The number of rotatable bonds is 12. The van der Waals surface area contributed by atoms with E-state index in [9.17, 15) is 25.1 Å². The van der Waals surface area contributed by atoms with Crippen LogP contribution in [0.4, 0.5) is 5.69 Å². The number of carbonyl (C=O) groups is 1. The van der Waals surface area contributed by atoms with Crippen molar-refractivity contribution in [2.24, 2.45) is 4.99 Å². The van der Waals surface area contributed by atoms with Gasteiger partial charge in [-0.1, -0.05) is 48.0 Å². The Morgan fingerprint density at radius 3 is 2.54 bits per heavy atom. The average molecular weight is 531 g/mol. The molecule has 0 aromatic heterocycles. The second-order valence-corrected chi connectivity index (χ2v) is 9.26. The van der Waals surface area contributed by atoms with Gasteiger partial charge >= 0.3 is 5.97 Å². The summed E-state index contributed by atoms with van der Waals surface area (Å²) in [6.07, 6.45) is 0.546. The van der Waals surface area contributed by atoms with E-state index in [1.165, 1.54) is 12.1 Å². The molecule has 0 saturated heterocycles. The van der Waals surface area contributed by atoms with Crippen molar-refractivity contribution < 1.29 is 29.4 Å². The molecule has 1 aliphatic rings. The average Bonchev–Trinajstić information content (AvgIpc) is 3.23. The number of carbonyl (C=O) groups excluding carboxylic acids is 1. The topological polar surface area (TPSA) is 131 Å². The van der Waals surface area contributed by atoms with Gasteiger partial charge in [0.05, 0.1) is 23.8 Å². The third kappa shape index (κ3) is 7.08. The maximum Gasteiger partial charge on any atom is 0.344 e. The number of aliphatic hydroxyl groups excluding tert-OH is 2. The van der Waals surface area contributed by atoms with E-state index in [1.807, 2.05) is 55.5 Å². The number of para-hydroxylation sites is 1. The van der Waals surface area contributed by atoms with Gasteiger partial charge in [-0.15, -0.1) is 0 Å². The molecule has 0 saturated carbocycles. The third-order valence-corrected chi connectivity index (χ3v) is 6.38. The first-order chi connectivity index (χ1) is 18.9. The number of hydrogen-bond donors (Lipinski definition) is 2. The summed E-state index contributed by atoms with van der Waals surface area (Å²) in [5.41, 5.74) is 4.31. The molecule has 0 amide bonds. The summed E-state index contributed by atoms with van der Waals surface area (Å²) in [5.74, 6) is -0.296. The van der Waals surface area contributed by atoms with Gasteiger partial charge in [-0.05, 0) is 61.1 Å². The van der Waals surface area contributed by atoms with Crippen molar-refractivity contribution >= 4 is 17.4 Å². The first-order valence-corrected chi connectivity index (χ1v) is 12.6. The minimum atomic E-state index is -1.08. The van der Waals surface area contributed by atoms with E-state index in [1.54, 1.807) is 12.1 Å². The van der Waals surface area contributed by atoms with Crippen LogP contribution in [0, 0.1) is 17.0 Å². The number of hydrogen-bond acceptors (Lipinski definition) is 8. The van der Waals surface area contributed by atoms with Gasteiger partial charge in [-0.25, -0.2) is 4.79 Å². The van der Waals surface area contributed by atoms with Gasteiger partial charge in [0, 0.05) is 12.1 Å². The van der Waals surface area contributed by atoms with Crippen molar-refractivity contribution in [3.8, 4) is 5.75 Å². The zero-order valence-electron chi connectivity index (χ0n) is 21.6. The monoisotopic (exact) mass is 530 g/mol. The standard InChI is InChI=1S/C30H30N2O7/c1-20-6-4-7-22(16-20)17-31-25(28-29(34)27(18-33)39-30(28)35)10-5-9-23-8-2-3-11-26(23)38-19-21-12-14-24(15-13-21)32(36)37/h2-4,6-8,11-16,27,33-34H,5,9-10,17-19H2,1H3. The number of aliphatic imine (C=N–C) groups is 1. The molecule has 4 rings (SSSR count). The lowest BCUT2D eigenvalue weighted by Gasteiger charge is -2.12. The van der Waals surface area contributed by atoms with Gasteiger partial charge < -0.3 is 19.7 Å². The Balaban J connectivity index is 1.46. The Labute approximate surface area is 226 Å². The van der Waals surface area contributed by atoms with E-state index in [4.69, 9.17) is 9.47 Å². The number of benzene rings is 3. The van der Waals surface area contributed by atoms with Crippen LogP contribution in [0.5, 0.6) is 5.75 Å². The summed E-state index contributed by atoms with van der Waals surface area (Å²) in [6, 6.07) is 21.7. The third-order valence-electron chi connectivity index (χ3n) is 6.38. The Kier molecular flexibility index (Phi) is 9.06. The van der Waals surface area contributed by atoms with E-state index < -0.39 is 23.6 Å². The van der Waals surface area contributed by atoms with Gasteiger partial charge in [-0.2, -0.15) is 0 Å². The lowest BCUT2D eigenvalue weighted by Crippen LogP contribution is -2.15. The molecule has 1 heterocycles. The van der Waals surface area contributed by atoms with Crippen LogP contribution in [0.25, 0.3) is 0 Å². The summed E-state index contributed by atoms with van der Waals surface area (Å²) >= 11 is 0. The molecule has 0 aliphatic carbocycles. The van der Waals surface area contributed by atoms with E-state index in [2.05, 4.69) is 4.99 Å². The molecular formula is C30H30N2O7. The Hall–Kier alpha value is -4.50. The second kappa shape index (κ2) is 12.8. The maximum absolute atomic E-state index is 12.5. The van der Waals surface area contributed by atoms with Crippen molar-refractivity contribution in [3.63, 3.8) is 0 Å². The molecule has 0 bridgehead atoms. The summed E-state index contributed by atoms with van der Waals surface area (Å²) < 4.78 is 11.1. The number of nitrogens with zero attached hydrogens (tertiary/aromatic N) is 2. The van der Waals surface area contributed by atoms with Crippen LogP contribution in [-0.2, 0) is 29.1 Å². The van der Waals surface area contributed by atoms with Crippen molar-refractivity contribution in [1.29, 1.82) is 0 Å². The molecule has 202 valence electrons. The number of non-ortho nitro benzene ring substituents is 1. The minimum Gasteiger partial charge on any atom is -0.507 e. The zero-order chi connectivity index (χ0) is 27.8. The van der Waals surface area contributed by atoms with Gasteiger partial charge in [0.15, 0.2) is 11.9 Å². The number of cyclic esters (lactones) is 1. The fourth-order valence-corrected chi connectivity index (χ4v) is 4.35. The van der Waals surface area contributed by atoms with Crippen molar-refractivity contribution in [3.05, 3.63) is 116 Å². The van der Waals surface area contributed by atoms with Crippen molar-refractivity contribution in [2.75, 3.05) is 6.61 Å². The summed E-state index contributed by atoms with van der Waals surface area (Å²) in [5, 5.41) is 30.9. The number of aliphatic hydroxyl groups is 2. The van der Waals surface area contributed by atoms with E-state index in [-0.39, 0.29) is 23.6 Å². The van der Waals surface area contributed by atoms with Crippen LogP contribution in [0.1, 0.15) is 35.1 Å². The molecule has 0 fully saturated rings. The normalized spacial score (nSPS) is 15.4. The van der Waals surface area contributed by atoms with Crippen molar-refractivity contribution in [1.82, 2.24) is 0 Å². The molecule has 1 aliphatic heterocycles. The SMILES string of the molecule is Cc1cccc(CN=C(CCCc2ccccc2OCc2ccc([N+](=O)[O-])cc2)C2=C(O)C(CO)OC2=O)c1. The lowest BCUT2D eigenvalue weighted by molar-refractivity contribution is -0.384. The second-order valence-electron chi connectivity index (χ2n) is 9.26. The highest BCUT2D eigenvalue weighted by Gasteiger charge is 2.36. The minimum absolute atomic E-state index is 0.0180. The first-order valence-electron chi connectivity index (χ1n) is 12.6. The van der Waals surface area contributed by atoms with Gasteiger partial charge in [-0.3, -0.25) is 15.1 Å². The smallest absolute Gasteiger partial charge is 0.344 e. The predicted octanol–water partition coefficient (Wildman–Crippen LogP) is 5.18. The number of nitro benzene ring substituents is 1. The molecule has 0 radical (unpaired) electrons. The highest BCUT2D eigenvalue weighted by Crippen LogP contribution is 2.26. The van der Waals surface area contributed by atoms with Crippen LogP contribution >= 0.6 is 0 Å². The molecule has 9 heteroatoms. The zero-order valence-corrected chi connectivity index (χ0v) is 21.6. The van der Waals surface area contributed by atoms with Gasteiger partial charge in [0.1, 0.15) is 17.9 Å². The highest BCUT2D eigenvalue weighted by molar-refractivity contribution is 6.21. The maximum atomic E-state index is 12.5. The Bertz CT molecular complexity index is 1400. The molecule has 1 atom stereocenters. The molecule has 3 aromatic rings. The molecular weight excluding hydrogens is 500 g/mol. The first kappa shape index (κ1) is 27.5. The molecule has 9 nitrogen and oxygen atoms in total. The van der Waals surface area contributed by atoms with Crippen LogP contribution in [0.3, 0.4) is 0 Å². The van der Waals surface area contributed by atoms with Crippen LogP contribution in [0.15, 0.2) is 89.1 Å². The van der Waals surface area contributed by atoms with Gasteiger partial charge in [0.2, 0.25) is 0 Å². The van der Waals surface area contributed by atoms with Crippen molar-refractivity contribution in [2.45, 2.75) is 45.4 Å². The molecule has 3 aromatic carbocycles. The number of esters is 1. The quantitative estimate of drug-likeness (QED) is 0.143. The Morgan fingerprint density at radius 1 is 1.08 bits per heavy atom. The number of aryl methyl sites for hydroxylation is 2. The fraction of sp³-hybridized carbons (Fsp3) is 0.267. The largest absolute Gasteiger partial charge is 0.507 e. The van der Waals surface area contributed by atoms with Crippen LogP contribution < -0.4 is 4.74 Å². The molecule has 1 unspecified atom stereocenters. The number of nitro groups is 1. The molecule has 39 heavy (non-hydrogen) atoms.